The van der Waals surface area contributed by atoms with Gasteiger partial charge < -0.3 is 20.5 Å². The van der Waals surface area contributed by atoms with Crippen LogP contribution in [-0.4, -0.2) is 43.3 Å². The highest BCUT2D eigenvalue weighted by molar-refractivity contribution is 5.31. The number of ether oxygens (including phenoxy) is 1. The third kappa shape index (κ3) is 2.83. The van der Waals surface area contributed by atoms with E-state index in [1.54, 1.807) is 7.11 Å². The summed E-state index contributed by atoms with van der Waals surface area (Å²) in [6.45, 7) is 3.40. The van der Waals surface area contributed by atoms with Crippen molar-refractivity contribution in [1.82, 2.24) is 4.90 Å². The molecule has 1 aromatic rings. The van der Waals surface area contributed by atoms with Crippen LogP contribution in [0, 0.1) is 0 Å². The maximum atomic E-state index is 10.7. The lowest BCUT2D eigenvalue weighted by Crippen LogP contribution is -2.44. The van der Waals surface area contributed by atoms with Crippen molar-refractivity contribution in [1.29, 1.82) is 0 Å². The van der Waals surface area contributed by atoms with E-state index in [0.29, 0.717) is 6.54 Å². The lowest BCUT2D eigenvalue weighted by Gasteiger charge is -2.38. The number of hydrogen-bond acceptors (Lipinski definition) is 4. The van der Waals surface area contributed by atoms with Crippen molar-refractivity contribution < 1.29 is 9.84 Å². The van der Waals surface area contributed by atoms with Crippen LogP contribution in [0.5, 0.6) is 5.75 Å². The van der Waals surface area contributed by atoms with Gasteiger partial charge in [0, 0.05) is 26.2 Å². The predicted molar refractivity (Wildman–Crippen MR) is 71.6 cm³/mol. The normalized spacial score (nSPS) is 19.7. The first-order valence-electron chi connectivity index (χ1n) is 6.47. The van der Waals surface area contributed by atoms with Gasteiger partial charge in [0.1, 0.15) is 5.75 Å². The monoisotopic (exact) mass is 250 g/mol. The van der Waals surface area contributed by atoms with Crippen LogP contribution in [0.2, 0.25) is 0 Å². The molecule has 0 saturated carbocycles. The minimum absolute atomic E-state index is 0.682. The molecule has 3 N–H and O–H groups in total. The Labute approximate surface area is 108 Å². The van der Waals surface area contributed by atoms with E-state index in [9.17, 15) is 5.11 Å². The molecule has 1 saturated heterocycles. The van der Waals surface area contributed by atoms with E-state index < -0.39 is 5.60 Å². The number of benzene rings is 1. The third-order valence-corrected chi connectivity index (χ3v) is 3.76. The first kappa shape index (κ1) is 13.3. The van der Waals surface area contributed by atoms with Crippen molar-refractivity contribution in [2.75, 3.05) is 33.3 Å². The molecule has 1 aliphatic rings. The molecular formula is C14H22N2O2. The van der Waals surface area contributed by atoms with E-state index in [0.717, 1.165) is 43.8 Å². The highest BCUT2D eigenvalue weighted by atomic mass is 16.5. The SMILES string of the molecule is COc1ccc(C2(O)CCN(CCN)CC2)cc1. The van der Waals surface area contributed by atoms with E-state index in [2.05, 4.69) is 4.90 Å². The smallest absolute Gasteiger partial charge is 0.118 e. The maximum Gasteiger partial charge on any atom is 0.118 e. The van der Waals surface area contributed by atoms with Gasteiger partial charge in [0.2, 0.25) is 0 Å². The summed E-state index contributed by atoms with van der Waals surface area (Å²) >= 11 is 0. The second-order valence-corrected chi connectivity index (χ2v) is 4.89. The zero-order valence-corrected chi connectivity index (χ0v) is 10.9. The number of methoxy groups -OCH3 is 1. The Balaban J connectivity index is 2.03. The lowest BCUT2D eigenvalue weighted by molar-refractivity contribution is -0.0251. The molecule has 0 aromatic heterocycles. The average Bonchev–Trinajstić information content (AvgIpc) is 2.42. The molecule has 1 aliphatic heterocycles. The first-order valence-corrected chi connectivity index (χ1v) is 6.47. The Bertz CT molecular complexity index is 370. The highest BCUT2D eigenvalue weighted by Gasteiger charge is 2.33. The van der Waals surface area contributed by atoms with E-state index in [4.69, 9.17) is 10.5 Å². The van der Waals surface area contributed by atoms with Crippen molar-refractivity contribution in [3.05, 3.63) is 29.8 Å². The van der Waals surface area contributed by atoms with Gasteiger partial charge in [-0.1, -0.05) is 12.1 Å². The van der Waals surface area contributed by atoms with Crippen LogP contribution in [0.3, 0.4) is 0 Å². The minimum Gasteiger partial charge on any atom is -0.497 e. The van der Waals surface area contributed by atoms with Gasteiger partial charge in [0.15, 0.2) is 0 Å². The number of nitrogens with two attached hydrogens (primary N) is 1. The van der Waals surface area contributed by atoms with Gasteiger partial charge in [-0.05, 0) is 30.5 Å². The highest BCUT2D eigenvalue weighted by Crippen LogP contribution is 2.33. The summed E-state index contributed by atoms with van der Waals surface area (Å²) in [5, 5.41) is 10.7. The molecular weight excluding hydrogens is 228 g/mol. The summed E-state index contributed by atoms with van der Waals surface area (Å²) < 4.78 is 5.13. The maximum absolute atomic E-state index is 10.7. The fourth-order valence-electron chi connectivity index (χ4n) is 2.52. The summed E-state index contributed by atoms with van der Waals surface area (Å²) in [6.07, 6.45) is 1.53. The Morgan fingerprint density at radius 3 is 2.39 bits per heavy atom. The fourth-order valence-corrected chi connectivity index (χ4v) is 2.52. The number of hydrogen-bond donors (Lipinski definition) is 2. The second kappa shape index (κ2) is 5.69. The average molecular weight is 250 g/mol. The van der Waals surface area contributed by atoms with Gasteiger partial charge in [-0.25, -0.2) is 0 Å². The van der Waals surface area contributed by atoms with Crippen molar-refractivity contribution in [3.63, 3.8) is 0 Å². The van der Waals surface area contributed by atoms with Gasteiger partial charge in [-0.2, -0.15) is 0 Å². The van der Waals surface area contributed by atoms with Gasteiger partial charge in [0.25, 0.3) is 0 Å². The van der Waals surface area contributed by atoms with Gasteiger partial charge >= 0.3 is 0 Å². The van der Waals surface area contributed by atoms with Crippen LogP contribution in [0.25, 0.3) is 0 Å². The Kier molecular flexibility index (Phi) is 4.22. The van der Waals surface area contributed by atoms with E-state index in [-0.39, 0.29) is 0 Å². The molecule has 0 radical (unpaired) electrons. The number of rotatable bonds is 4. The molecule has 4 heteroatoms. The van der Waals surface area contributed by atoms with Crippen LogP contribution in [0.4, 0.5) is 0 Å². The molecule has 1 heterocycles. The standard InChI is InChI=1S/C14H22N2O2/c1-18-13-4-2-12(3-5-13)14(17)6-9-16(10-7-14)11-8-15/h2-5,17H,6-11,15H2,1H3. The summed E-state index contributed by atoms with van der Waals surface area (Å²) in [5.74, 6) is 0.822. The minimum atomic E-state index is -0.697. The van der Waals surface area contributed by atoms with Crippen LogP contribution in [0.15, 0.2) is 24.3 Å². The molecule has 0 spiro atoms. The lowest BCUT2D eigenvalue weighted by atomic mass is 9.84. The number of piperidine rings is 1. The molecule has 4 nitrogen and oxygen atoms in total. The van der Waals surface area contributed by atoms with Crippen LogP contribution < -0.4 is 10.5 Å². The molecule has 0 aliphatic carbocycles. The van der Waals surface area contributed by atoms with Gasteiger partial charge in [0.05, 0.1) is 12.7 Å². The Hall–Kier alpha value is -1.10. The fraction of sp³-hybridized carbons (Fsp3) is 0.571. The van der Waals surface area contributed by atoms with E-state index in [1.807, 2.05) is 24.3 Å². The molecule has 0 bridgehead atoms. The van der Waals surface area contributed by atoms with Crippen molar-refractivity contribution >= 4 is 0 Å². The summed E-state index contributed by atoms with van der Waals surface area (Å²) in [7, 11) is 1.65. The van der Waals surface area contributed by atoms with E-state index >= 15 is 0 Å². The summed E-state index contributed by atoms with van der Waals surface area (Å²) in [5.41, 5.74) is 5.84. The molecule has 1 aromatic carbocycles. The van der Waals surface area contributed by atoms with Gasteiger partial charge in [-0.15, -0.1) is 0 Å². The largest absolute Gasteiger partial charge is 0.497 e. The quantitative estimate of drug-likeness (QED) is 0.835. The summed E-state index contributed by atoms with van der Waals surface area (Å²) in [6, 6.07) is 7.72. The second-order valence-electron chi connectivity index (χ2n) is 4.89. The zero-order valence-electron chi connectivity index (χ0n) is 10.9. The number of nitrogens with zero attached hydrogens (tertiary/aromatic N) is 1. The molecule has 0 amide bonds. The molecule has 0 unspecified atom stereocenters. The molecule has 2 rings (SSSR count). The molecule has 100 valence electrons. The molecule has 0 atom stereocenters. The van der Waals surface area contributed by atoms with Crippen LogP contribution in [0.1, 0.15) is 18.4 Å². The third-order valence-electron chi connectivity index (χ3n) is 3.76. The van der Waals surface area contributed by atoms with Crippen LogP contribution in [-0.2, 0) is 5.60 Å². The first-order chi connectivity index (χ1) is 8.68. The zero-order chi connectivity index (χ0) is 13.0. The van der Waals surface area contributed by atoms with E-state index in [1.165, 1.54) is 0 Å². The molecule has 18 heavy (non-hydrogen) atoms. The Morgan fingerprint density at radius 1 is 1.28 bits per heavy atom. The Morgan fingerprint density at radius 2 is 1.89 bits per heavy atom. The molecule has 1 fully saturated rings. The predicted octanol–water partition coefficient (Wildman–Crippen LogP) is 0.937. The van der Waals surface area contributed by atoms with Gasteiger partial charge in [-0.3, -0.25) is 0 Å². The number of aliphatic hydroxyl groups is 1. The van der Waals surface area contributed by atoms with Crippen LogP contribution >= 0.6 is 0 Å². The number of likely N-dealkylation sites (tertiary alicyclic amines) is 1. The van der Waals surface area contributed by atoms with Crippen molar-refractivity contribution in [2.24, 2.45) is 5.73 Å². The summed E-state index contributed by atoms with van der Waals surface area (Å²) in [4.78, 5) is 2.30. The topological polar surface area (TPSA) is 58.7 Å². The van der Waals surface area contributed by atoms with Crippen molar-refractivity contribution in [3.8, 4) is 5.75 Å². The van der Waals surface area contributed by atoms with Crippen molar-refractivity contribution in [2.45, 2.75) is 18.4 Å².